The Morgan fingerprint density at radius 1 is 1.31 bits per heavy atom. The van der Waals surface area contributed by atoms with Crippen LogP contribution in [0.4, 0.5) is 5.69 Å². The van der Waals surface area contributed by atoms with E-state index in [1.165, 1.54) is 0 Å². The van der Waals surface area contributed by atoms with E-state index in [0.717, 1.165) is 13.0 Å². The Balaban J connectivity index is 1.70. The van der Waals surface area contributed by atoms with Crippen molar-refractivity contribution in [1.29, 1.82) is 0 Å². The molecule has 0 aliphatic carbocycles. The number of aromatic nitrogens is 2. The Morgan fingerprint density at radius 3 is 2.69 bits per heavy atom. The van der Waals surface area contributed by atoms with Crippen LogP contribution in [0.5, 0.6) is 0 Å². The number of nitrogens with one attached hydrogen (secondary N) is 1. The van der Waals surface area contributed by atoms with Crippen LogP contribution in [-0.2, 0) is 4.79 Å². The van der Waals surface area contributed by atoms with Crippen LogP contribution in [0.25, 0.3) is 0 Å². The average Bonchev–Trinajstić information content (AvgIpc) is 3.13. The Hall–Kier alpha value is -2.47. The zero-order chi connectivity index (χ0) is 18.7. The molecule has 1 unspecified atom stereocenters. The summed E-state index contributed by atoms with van der Waals surface area (Å²) in [5, 5.41) is 3.42. The van der Waals surface area contributed by atoms with Crippen molar-refractivity contribution in [2.75, 3.05) is 18.4 Å². The molecule has 7 heteroatoms. The quantitative estimate of drug-likeness (QED) is 0.892. The highest BCUT2D eigenvalue weighted by Gasteiger charge is 2.28. The SMILES string of the molecule is CCC(=O)N1CCC(c2ncc(C(=O)Nc3ccc(Cl)cc3)c(C)n2)C1. The van der Waals surface area contributed by atoms with Crippen LogP contribution in [0.3, 0.4) is 0 Å². The smallest absolute Gasteiger partial charge is 0.259 e. The molecule has 0 spiro atoms. The predicted molar refractivity (Wildman–Crippen MR) is 100 cm³/mol. The standard InChI is InChI=1S/C19H21ClN4O2/c1-3-17(25)24-9-8-13(11-24)18-21-10-16(12(2)22-18)19(26)23-15-6-4-14(20)5-7-15/h4-7,10,13H,3,8-9,11H2,1-2H3,(H,23,26). The lowest BCUT2D eigenvalue weighted by Gasteiger charge is -2.15. The molecule has 26 heavy (non-hydrogen) atoms. The minimum absolute atomic E-state index is 0.123. The van der Waals surface area contributed by atoms with Gasteiger partial charge in [-0.05, 0) is 37.6 Å². The van der Waals surface area contributed by atoms with Gasteiger partial charge in [-0.25, -0.2) is 9.97 Å². The number of likely N-dealkylation sites (tertiary alicyclic amines) is 1. The number of aryl methyl sites for hydroxylation is 1. The van der Waals surface area contributed by atoms with Gasteiger partial charge < -0.3 is 10.2 Å². The molecule has 3 rings (SSSR count). The van der Waals surface area contributed by atoms with Crippen molar-refractivity contribution in [3.63, 3.8) is 0 Å². The van der Waals surface area contributed by atoms with Gasteiger partial charge in [0, 0.05) is 42.3 Å². The first-order chi connectivity index (χ1) is 12.5. The summed E-state index contributed by atoms with van der Waals surface area (Å²) in [5.74, 6) is 0.711. The number of halogens is 1. The van der Waals surface area contributed by atoms with Crippen LogP contribution < -0.4 is 5.32 Å². The van der Waals surface area contributed by atoms with Crippen molar-refractivity contribution in [1.82, 2.24) is 14.9 Å². The highest BCUT2D eigenvalue weighted by molar-refractivity contribution is 6.30. The van der Waals surface area contributed by atoms with Gasteiger partial charge in [0.1, 0.15) is 5.82 Å². The highest BCUT2D eigenvalue weighted by atomic mass is 35.5. The lowest BCUT2D eigenvalue weighted by Crippen LogP contribution is -2.27. The van der Waals surface area contributed by atoms with Crippen LogP contribution in [-0.4, -0.2) is 39.8 Å². The van der Waals surface area contributed by atoms with E-state index in [9.17, 15) is 9.59 Å². The van der Waals surface area contributed by atoms with Gasteiger partial charge in [0.05, 0.1) is 11.3 Å². The summed E-state index contributed by atoms with van der Waals surface area (Å²) < 4.78 is 0. The van der Waals surface area contributed by atoms with Crippen LogP contribution in [0.15, 0.2) is 30.5 Å². The molecule has 1 atom stereocenters. The topological polar surface area (TPSA) is 75.2 Å². The number of carbonyl (C=O) groups is 2. The summed E-state index contributed by atoms with van der Waals surface area (Å²) in [6.45, 7) is 5.04. The maximum Gasteiger partial charge on any atom is 0.259 e. The number of hydrogen-bond donors (Lipinski definition) is 1. The minimum Gasteiger partial charge on any atom is -0.342 e. The number of carbonyl (C=O) groups excluding carboxylic acids is 2. The molecule has 1 aromatic carbocycles. The Bertz CT molecular complexity index is 823. The monoisotopic (exact) mass is 372 g/mol. The van der Waals surface area contributed by atoms with E-state index in [1.54, 1.807) is 37.4 Å². The number of nitrogens with zero attached hydrogens (tertiary/aromatic N) is 3. The van der Waals surface area contributed by atoms with Gasteiger partial charge in [-0.2, -0.15) is 0 Å². The van der Waals surface area contributed by atoms with Gasteiger partial charge in [-0.15, -0.1) is 0 Å². The Labute approximate surface area is 157 Å². The van der Waals surface area contributed by atoms with E-state index in [4.69, 9.17) is 11.6 Å². The van der Waals surface area contributed by atoms with Crippen LogP contribution >= 0.6 is 11.6 Å². The molecule has 6 nitrogen and oxygen atoms in total. The third-order valence-corrected chi connectivity index (χ3v) is 4.81. The second kappa shape index (κ2) is 7.83. The first-order valence-corrected chi connectivity index (χ1v) is 9.04. The molecule has 1 aliphatic heterocycles. The lowest BCUT2D eigenvalue weighted by atomic mass is 10.1. The van der Waals surface area contributed by atoms with Gasteiger partial charge in [-0.1, -0.05) is 18.5 Å². The normalized spacial score (nSPS) is 16.6. The molecule has 0 radical (unpaired) electrons. The fourth-order valence-corrected chi connectivity index (χ4v) is 3.18. The molecule has 0 bridgehead atoms. The summed E-state index contributed by atoms with van der Waals surface area (Å²) >= 11 is 5.85. The molecule has 136 valence electrons. The van der Waals surface area contributed by atoms with E-state index >= 15 is 0 Å². The van der Waals surface area contributed by atoms with Gasteiger partial charge in [-0.3, -0.25) is 9.59 Å². The number of anilines is 1. The second-order valence-corrected chi connectivity index (χ2v) is 6.80. The van der Waals surface area contributed by atoms with Gasteiger partial charge in [0.15, 0.2) is 0 Å². The predicted octanol–water partition coefficient (Wildman–Crippen LogP) is 3.42. The van der Waals surface area contributed by atoms with Crippen molar-refractivity contribution >= 4 is 29.1 Å². The molecular weight excluding hydrogens is 352 g/mol. The molecule has 1 aromatic heterocycles. The van der Waals surface area contributed by atoms with E-state index in [1.807, 2.05) is 11.8 Å². The Kier molecular flexibility index (Phi) is 5.52. The second-order valence-electron chi connectivity index (χ2n) is 6.37. The van der Waals surface area contributed by atoms with Crippen molar-refractivity contribution < 1.29 is 9.59 Å². The summed E-state index contributed by atoms with van der Waals surface area (Å²) in [5.41, 5.74) is 1.72. The van der Waals surface area contributed by atoms with Gasteiger partial charge in [0.2, 0.25) is 5.91 Å². The molecule has 1 aliphatic rings. The van der Waals surface area contributed by atoms with E-state index in [2.05, 4.69) is 15.3 Å². The molecule has 1 N–H and O–H groups in total. The van der Waals surface area contributed by atoms with Crippen LogP contribution in [0, 0.1) is 6.92 Å². The van der Waals surface area contributed by atoms with Crippen molar-refractivity contribution in [3.8, 4) is 0 Å². The number of benzene rings is 1. The fourth-order valence-electron chi connectivity index (χ4n) is 3.06. The number of amides is 2. The maximum absolute atomic E-state index is 12.5. The molecule has 2 amide bonds. The summed E-state index contributed by atoms with van der Waals surface area (Å²) in [6, 6.07) is 6.91. The van der Waals surface area contributed by atoms with E-state index in [-0.39, 0.29) is 17.7 Å². The minimum atomic E-state index is -0.259. The van der Waals surface area contributed by atoms with Gasteiger partial charge >= 0.3 is 0 Å². The molecule has 2 aromatic rings. The van der Waals surface area contributed by atoms with Crippen molar-refractivity contribution in [2.24, 2.45) is 0 Å². The fraction of sp³-hybridized carbons (Fsp3) is 0.368. The molecular formula is C19H21ClN4O2. The van der Waals surface area contributed by atoms with Crippen molar-refractivity contribution in [2.45, 2.75) is 32.6 Å². The zero-order valence-electron chi connectivity index (χ0n) is 14.8. The third kappa shape index (κ3) is 4.02. The maximum atomic E-state index is 12.5. The molecule has 1 saturated heterocycles. The third-order valence-electron chi connectivity index (χ3n) is 4.55. The average molecular weight is 373 g/mol. The van der Waals surface area contributed by atoms with Crippen LogP contribution in [0.1, 0.15) is 47.6 Å². The number of rotatable bonds is 4. The first kappa shape index (κ1) is 18.3. The largest absolute Gasteiger partial charge is 0.342 e. The first-order valence-electron chi connectivity index (χ1n) is 8.66. The van der Waals surface area contributed by atoms with Crippen molar-refractivity contribution in [3.05, 3.63) is 52.6 Å². The highest BCUT2D eigenvalue weighted by Crippen LogP contribution is 2.25. The molecule has 2 heterocycles. The zero-order valence-corrected chi connectivity index (χ0v) is 15.6. The van der Waals surface area contributed by atoms with Crippen LogP contribution in [0.2, 0.25) is 5.02 Å². The van der Waals surface area contributed by atoms with E-state index in [0.29, 0.717) is 40.8 Å². The number of hydrogen-bond acceptors (Lipinski definition) is 4. The summed E-state index contributed by atoms with van der Waals surface area (Å²) in [6.07, 6.45) is 2.92. The van der Waals surface area contributed by atoms with Gasteiger partial charge in [0.25, 0.3) is 5.91 Å². The molecule has 1 fully saturated rings. The lowest BCUT2D eigenvalue weighted by molar-refractivity contribution is -0.129. The summed E-state index contributed by atoms with van der Waals surface area (Å²) in [4.78, 5) is 35.0. The molecule has 0 saturated carbocycles. The summed E-state index contributed by atoms with van der Waals surface area (Å²) in [7, 11) is 0. The Morgan fingerprint density at radius 2 is 2.04 bits per heavy atom. The van der Waals surface area contributed by atoms with E-state index < -0.39 is 0 Å².